The highest BCUT2D eigenvalue weighted by atomic mass is 16.5. The summed E-state index contributed by atoms with van der Waals surface area (Å²) in [5.74, 6) is 0.565. The Morgan fingerprint density at radius 3 is 2.83 bits per heavy atom. The van der Waals surface area contributed by atoms with E-state index in [4.69, 9.17) is 4.74 Å². The molecule has 1 aliphatic rings. The number of benzene rings is 1. The van der Waals surface area contributed by atoms with Crippen molar-refractivity contribution >= 4 is 5.69 Å². The molecule has 0 amide bonds. The Kier molecular flexibility index (Phi) is 4.65. The molecule has 1 saturated heterocycles. The van der Waals surface area contributed by atoms with Gasteiger partial charge in [0.15, 0.2) is 0 Å². The van der Waals surface area contributed by atoms with Crippen molar-refractivity contribution in [3.8, 4) is 0 Å². The summed E-state index contributed by atoms with van der Waals surface area (Å²) in [6, 6.07) is 9.23. The molecule has 100 valence electrons. The molecule has 2 atom stereocenters. The predicted molar refractivity (Wildman–Crippen MR) is 77.2 cm³/mol. The molecule has 2 rings (SSSR count). The van der Waals surface area contributed by atoms with E-state index >= 15 is 0 Å². The molecule has 0 aromatic heterocycles. The highest BCUT2D eigenvalue weighted by molar-refractivity contribution is 5.53. The summed E-state index contributed by atoms with van der Waals surface area (Å²) in [5, 5.41) is 3.72. The third-order valence-corrected chi connectivity index (χ3v) is 3.77. The van der Waals surface area contributed by atoms with E-state index in [0.29, 0.717) is 18.1 Å². The zero-order valence-electron chi connectivity index (χ0n) is 11.8. The van der Waals surface area contributed by atoms with Crippen LogP contribution in [0.4, 0.5) is 5.69 Å². The van der Waals surface area contributed by atoms with Gasteiger partial charge in [-0.1, -0.05) is 39.0 Å². The third kappa shape index (κ3) is 3.26. The maximum absolute atomic E-state index is 5.73. The van der Waals surface area contributed by atoms with Gasteiger partial charge in [-0.25, -0.2) is 0 Å². The fourth-order valence-electron chi connectivity index (χ4n) is 2.65. The van der Waals surface area contributed by atoms with Gasteiger partial charge in [0.1, 0.15) is 0 Å². The average molecular weight is 247 g/mol. The van der Waals surface area contributed by atoms with Crippen molar-refractivity contribution in [1.29, 1.82) is 0 Å². The van der Waals surface area contributed by atoms with Crippen LogP contribution in [0.1, 0.15) is 51.5 Å². The van der Waals surface area contributed by atoms with Crippen LogP contribution in [0.3, 0.4) is 0 Å². The summed E-state index contributed by atoms with van der Waals surface area (Å²) < 4.78 is 5.73. The maximum atomic E-state index is 5.73. The summed E-state index contributed by atoms with van der Waals surface area (Å²) in [6.45, 7) is 7.59. The third-order valence-electron chi connectivity index (χ3n) is 3.77. The topological polar surface area (TPSA) is 21.3 Å². The van der Waals surface area contributed by atoms with E-state index in [9.17, 15) is 0 Å². The Hall–Kier alpha value is -1.02. The first-order valence-corrected chi connectivity index (χ1v) is 7.17. The van der Waals surface area contributed by atoms with Gasteiger partial charge in [0.2, 0.25) is 0 Å². The molecule has 1 N–H and O–H groups in total. The molecule has 1 fully saturated rings. The average Bonchev–Trinajstić information content (AvgIpc) is 2.39. The van der Waals surface area contributed by atoms with Crippen LogP contribution in [0.15, 0.2) is 24.3 Å². The van der Waals surface area contributed by atoms with Crippen LogP contribution in [-0.2, 0) is 4.74 Å². The second-order valence-corrected chi connectivity index (χ2v) is 5.51. The molecule has 2 nitrogen and oxygen atoms in total. The van der Waals surface area contributed by atoms with Crippen molar-refractivity contribution in [2.24, 2.45) is 0 Å². The predicted octanol–water partition coefficient (Wildman–Crippen LogP) is 4.18. The summed E-state index contributed by atoms with van der Waals surface area (Å²) in [7, 11) is 0. The molecule has 2 unspecified atom stereocenters. The first-order valence-electron chi connectivity index (χ1n) is 7.17. The molecule has 0 radical (unpaired) electrons. The number of ether oxygens (including phenoxy) is 1. The minimum atomic E-state index is 0.433. The summed E-state index contributed by atoms with van der Waals surface area (Å²) in [5.41, 5.74) is 2.71. The van der Waals surface area contributed by atoms with E-state index in [1.807, 2.05) is 0 Å². The molecule has 1 aromatic carbocycles. The highest BCUT2D eigenvalue weighted by Gasteiger charge is 2.21. The SMILES string of the molecule is CCC1CC(Nc2ccccc2C(C)C)CCO1. The quantitative estimate of drug-likeness (QED) is 0.861. The summed E-state index contributed by atoms with van der Waals surface area (Å²) in [6.07, 6.45) is 3.79. The molecule has 2 heteroatoms. The van der Waals surface area contributed by atoms with Crippen molar-refractivity contribution in [3.63, 3.8) is 0 Å². The van der Waals surface area contributed by atoms with Gasteiger partial charge in [0.25, 0.3) is 0 Å². The van der Waals surface area contributed by atoms with Crippen LogP contribution < -0.4 is 5.32 Å². The zero-order chi connectivity index (χ0) is 13.0. The lowest BCUT2D eigenvalue weighted by molar-refractivity contribution is 0.00924. The van der Waals surface area contributed by atoms with Crippen LogP contribution in [-0.4, -0.2) is 18.8 Å². The first kappa shape index (κ1) is 13.4. The zero-order valence-corrected chi connectivity index (χ0v) is 11.8. The van der Waals surface area contributed by atoms with Gasteiger partial charge in [0, 0.05) is 18.3 Å². The van der Waals surface area contributed by atoms with Crippen LogP contribution in [0.25, 0.3) is 0 Å². The second-order valence-electron chi connectivity index (χ2n) is 5.51. The number of rotatable bonds is 4. The number of hydrogen-bond acceptors (Lipinski definition) is 2. The van der Waals surface area contributed by atoms with Crippen LogP contribution in [0, 0.1) is 0 Å². The molecule has 0 aliphatic carbocycles. The molecule has 0 bridgehead atoms. The number of hydrogen-bond donors (Lipinski definition) is 1. The molecule has 18 heavy (non-hydrogen) atoms. The van der Waals surface area contributed by atoms with Gasteiger partial charge in [-0.2, -0.15) is 0 Å². The Morgan fingerprint density at radius 1 is 1.33 bits per heavy atom. The monoisotopic (exact) mass is 247 g/mol. The van der Waals surface area contributed by atoms with Gasteiger partial charge in [-0.3, -0.25) is 0 Å². The number of para-hydroxylation sites is 1. The standard InChI is InChI=1S/C16H25NO/c1-4-14-11-13(9-10-18-14)17-16-8-6-5-7-15(16)12(2)3/h5-8,12-14,17H,4,9-11H2,1-3H3. The Bertz CT molecular complexity index is 375. The van der Waals surface area contributed by atoms with Gasteiger partial charge in [-0.15, -0.1) is 0 Å². The number of anilines is 1. The largest absolute Gasteiger partial charge is 0.382 e. The van der Waals surface area contributed by atoms with Gasteiger partial charge >= 0.3 is 0 Å². The molecule has 0 saturated carbocycles. The lowest BCUT2D eigenvalue weighted by Crippen LogP contribution is -2.34. The Labute approximate surface area is 111 Å². The molecule has 1 aromatic rings. The van der Waals surface area contributed by atoms with E-state index < -0.39 is 0 Å². The minimum absolute atomic E-state index is 0.433. The van der Waals surface area contributed by atoms with Crippen molar-refractivity contribution in [2.45, 2.75) is 58.1 Å². The first-order chi connectivity index (χ1) is 8.70. The van der Waals surface area contributed by atoms with Gasteiger partial charge in [0.05, 0.1) is 6.10 Å². The second kappa shape index (κ2) is 6.24. The van der Waals surface area contributed by atoms with Crippen molar-refractivity contribution in [1.82, 2.24) is 0 Å². The van der Waals surface area contributed by atoms with E-state index in [1.54, 1.807) is 0 Å². The van der Waals surface area contributed by atoms with E-state index in [0.717, 1.165) is 25.9 Å². The van der Waals surface area contributed by atoms with E-state index in [2.05, 4.69) is 50.4 Å². The van der Waals surface area contributed by atoms with Crippen LogP contribution in [0.5, 0.6) is 0 Å². The van der Waals surface area contributed by atoms with Crippen molar-refractivity contribution in [2.75, 3.05) is 11.9 Å². The lowest BCUT2D eigenvalue weighted by Gasteiger charge is -2.31. The summed E-state index contributed by atoms with van der Waals surface area (Å²) in [4.78, 5) is 0. The highest BCUT2D eigenvalue weighted by Crippen LogP contribution is 2.27. The smallest absolute Gasteiger partial charge is 0.0592 e. The molecular weight excluding hydrogens is 222 g/mol. The molecule has 0 spiro atoms. The summed E-state index contributed by atoms with van der Waals surface area (Å²) >= 11 is 0. The van der Waals surface area contributed by atoms with Crippen LogP contribution >= 0.6 is 0 Å². The molecule has 1 heterocycles. The fraction of sp³-hybridized carbons (Fsp3) is 0.625. The van der Waals surface area contributed by atoms with Crippen molar-refractivity contribution in [3.05, 3.63) is 29.8 Å². The molecule has 1 aliphatic heterocycles. The molecular formula is C16H25NO. The van der Waals surface area contributed by atoms with Gasteiger partial charge in [-0.05, 0) is 36.8 Å². The minimum Gasteiger partial charge on any atom is -0.382 e. The van der Waals surface area contributed by atoms with E-state index in [-0.39, 0.29) is 0 Å². The van der Waals surface area contributed by atoms with E-state index in [1.165, 1.54) is 11.3 Å². The lowest BCUT2D eigenvalue weighted by atomic mass is 9.98. The Balaban J connectivity index is 2.04. The van der Waals surface area contributed by atoms with Crippen molar-refractivity contribution < 1.29 is 4.74 Å². The fourth-order valence-corrected chi connectivity index (χ4v) is 2.65. The van der Waals surface area contributed by atoms with Crippen LogP contribution in [0.2, 0.25) is 0 Å². The number of nitrogens with one attached hydrogen (secondary N) is 1. The normalized spacial score (nSPS) is 24.2. The Morgan fingerprint density at radius 2 is 2.11 bits per heavy atom. The maximum Gasteiger partial charge on any atom is 0.0592 e. The van der Waals surface area contributed by atoms with Gasteiger partial charge < -0.3 is 10.1 Å².